The second-order valence-electron chi connectivity index (χ2n) is 4.31. The Morgan fingerprint density at radius 3 is 2.67 bits per heavy atom. The Labute approximate surface area is 104 Å². The SMILES string of the molecule is CN(C)Cc1cc(F)cc(-c2cc(N)no2)c1O. The summed E-state index contributed by atoms with van der Waals surface area (Å²) >= 11 is 0. The highest BCUT2D eigenvalue weighted by molar-refractivity contribution is 5.69. The van der Waals surface area contributed by atoms with Crippen molar-refractivity contribution in [3.63, 3.8) is 0 Å². The van der Waals surface area contributed by atoms with E-state index < -0.39 is 5.82 Å². The summed E-state index contributed by atoms with van der Waals surface area (Å²) in [6.07, 6.45) is 0. The second-order valence-corrected chi connectivity index (χ2v) is 4.31. The van der Waals surface area contributed by atoms with E-state index in [0.29, 0.717) is 12.1 Å². The summed E-state index contributed by atoms with van der Waals surface area (Å²) in [6.45, 7) is 0.417. The normalized spacial score (nSPS) is 11.1. The van der Waals surface area contributed by atoms with Crippen molar-refractivity contribution in [2.75, 3.05) is 19.8 Å². The predicted octanol–water partition coefficient (Wildman–Crippen LogP) is 1.83. The summed E-state index contributed by atoms with van der Waals surface area (Å²) in [7, 11) is 3.66. The zero-order valence-corrected chi connectivity index (χ0v) is 10.1. The predicted molar refractivity (Wildman–Crippen MR) is 65.4 cm³/mol. The number of rotatable bonds is 3. The van der Waals surface area contributed by atoms with Crippen LogP contribution in [0.1, 0.15) is 5.56 Å². The lowest BCUT2D eigenvalue weighted by Crippen LogP contribution is -2.11. The number of benzene rings is 1. The number of nitrogens with zero attached hydrogens (tertiary/aromatic N) is 2. The van der Waals surface area contributed by atoms with E-state index >= 15 is 0 Å². The highest BCUT2D eigenvalue weighted by Crippen LogP contribution is 2.34. The first-order valence-corrected chi connectivity index (χ1v) is 5.36. The number of hydrogen-bond donors (Lipinski definition) is 2. The molecule has 0 fully saturated rings. The number of phenols is 1. The fraction of sp³-hybridized carbons (Fsp3) is 0.250. The van der Waals surface area contributed by atoms with Crippen molar-refractivity contribution in [3.05, 3.63) is 29.6 Å². The van der Waals surface area contributed by atoms with Gasteiger partial charge in [0, 0.05) is 18.2 Å². The molecule has 0 aliphatic heterocycles. The van der Waals surface area contributed by atoms with Gasteiger partial charge in [0.1, 0.15) is 11.6 Å². The van der Waals surface area contributed by atoms with Crippen LogP contribution in [0.4, 0.5) is 10.2 Å². The first kappa shape index (κ1) is 12.4. The van der Waals surface area contributed by atoms with Crippen LogP contribution in [0.5, 0.6) is 5.75 Å². The molecule has 0 saturated carbocycles. The van der Waals surface area contributed by atoms with Gasteiger partial charge in [-0.3, -0.25) is 0 Å². The quantitative estimate of drug-likeness (QED) is 0.870. The van der Waals surface area contributed by atoms with E-state index in [1.807, 2.05) is 19.0 Å². The van der Waals surface area contributed by atoms with Crippen LogP contribution in [0, 0.1) is 5.82 Å². The molecule has 2 rings (SSSR count). The number of anilines is 1. The van der Waals surface area contributed by atoms with Crippen LogP contribution in [0.2, 0.25) is 0 Å². The van der Waals surface area contributed by atoms with Crippen LogP contribution < -0.4 is 5.73 Å². The van der Waals surface area contributed by atoms with Gasteiger partial charge in [0.15, 0.2) is 11.6 Å². The van der Waals surface area contributed by atoms with Crippen LogP contribution in [0.3, 0.4) is 0 Å². The van der Waals surface area contributed by atoms with Crippen molar-refractivity contribution in [1.82, 2.24) is 10.1 Å². The van der Waals surface area contributed by atoms with E-state index in [0.717, 1.165) is 0 Å². The molecule has 0 saturated heterocycles. The van der Waals surface area contributed by atoms with Crippen molar-refractivity contribution in [3.8, 4) is 17.1 Å². The molecule has 0 radical (unpaired) electrons. The standard InChI is InChI=1S/C12H14FN3O2/c1-16(2)6-7-3-8(13)4-9(12(7)17)10-5-11(14)15-18-10/h3-5,17H,6H2,1-2H3,(H2,14,15). The van der Waals surface area contributed by atoms with E-state index in [2.05, 4.69) is 5.16 Å². The fourth-order valence-electron chi connectivity index (χ4n) is 1.72. The van der Waals surface area contributed by atoms with E-state index in [1.165, 1.54) is 18.2 Å². The van der Waals surface area contributed by atoms with Gasteiger partial charge in [0.25, 0.3) is 0 Å². The van der Waals surface area contributed by atoms with E-state index in [9.17, 15) is 9.50 Å². The maximum atomic E-state index is 13.5. The molecule has 0 aliphatic rings. The number of halogens is 1. The smallest absolute Gasteiger partial charge is 0.172 e. The van der Waals surface area contributed by atoms with Gasteiger partial charge in [0.2, 0.25) is 0 Å². The third kappa shape index (κ3) is 2.43. The number of aromatic nitrogens is 1. The lowest BCUT2D eigenvalue weighted by molar-refractivity contribution is 0.383. The minimum atomic E-state index is -0.449. The Kier molecular flexibility index (Phi) is 3.20. The Bertz CT molecular complexity index is 566. The summed E-state index contributed by atoms with van der Waals surface area (Å²) in [5.74, 6) is -0.0526. The average Bonchev–Trinajstić information content (AvgIpc) is 2.69. The fourth-order valence-corrected chi connectivity index (χ4v) is 1.72. The highest BCUT2D eigenvalue weighted by atomic mass is 19.1. The van der Waals surface area contributed by atoms with E-state index in [4.69, 9.17) is 10.3 Å². The van der Waals surface area contributed by atoms with Gasteiger partial charge in [-0.05, 0) is 26.2 Å². The molecule has 0 amide bonds. The molecular formula is C12H14FN3O2. The molecule has 0 bridgehead atoms. The minimum absolute atomic E-state index is 0.0266. The summed E-state index contributed by atoms with van der Waals surface area (Å²) < 4.78 is 18.5. The Morgan fingerprint density at radius 1 is 1.39 bits per heavy atom. The molecular weight excluding hydrogens is 237 g/mol. The van der Waals surface area contributed by atoms with Gasteiger partial charge in [-0.15, -0.1) is 0 Å². The van der Waals surface area contributed by atoms with Gasteiger partial charge in [-0.25, -0.2) is 4.39 Å². The van der Waals surface area contributed by atoms with Crippen molar-refractivity contribution in [2.24, 2.45) is 0 Å². The molecule has 2 aromatic rings. The molecule has 0 spiro atoms. The molecule has 0 atom stereocenters. The second kappa shape index (κ2) is 4.66. The Morgan fingerprint density at radius 2 is 2.11 bits per heavy atom. The van der Waals surface area contributed by atoms with Gasteiger partial charge in [-0.1, -0.05) is 5.16 Å². The van der Waals surface area contributed by atoms with Gasteiger partial charge < -0.3 is 20.3 Å². The molecule has 3 N–H and O–H groups in total. The zero-order chi connectivity index (χ0) is 13.3. The lowest BCUT2D eigenvalue weighted by atomic mass is 10.1. The molecule has 0 aliphatic carbocycles. The summed E-state index contributed by atoms with van der Waals surface area (Å²) in [4.78, 5) is 1.83. The number of aromatic hydroxyl groups is 1. The summed E-state index contributed by atoms with van der Waals surface area (Å²) in [5.41, 5.74) is 6.16. The van der Waals surface area contributed by atoms with Crippen LogP contribution in [-0.4, -0.2) is 29.3 Å². The third-order valence-electron chi connectivity index (χ3n) is 2.43. The first-order valence-electron chi connectivity index (χ1n) is 5.36. The van der Waals surface area contributed by atoms with Crippen molar-refractivity contribution in [1.29, 1.82) is 0 Å². The summed E-state index contributed by atoms with van der Waals surface area (Å²) in [6, 6.07) is 3.92. The molecule has 1 aromatic carbocycles. The average molecular weight is 251 g/mol. The summed E-state index contributed by atoms with van der Waals surface area (Å²) in [5, 5.41) is 13.6. The lowest BCUT2D eigenvalue weighted by Gasteiger charge is -2.13. The van der Waals surface area contributed by atoms with Crippen LogP contribution in [0.25, 0.3) is 11.3 Å². The number of hydrogen-bond acceptors (Lipinski definition) is 5. The van der Waals surface area contributed by atoms with Crippen LogP contribution >= 0.6 is 0 Å². The van der Waals surface area contributed by atoms with Crippen molar-refractivity contribution in [2.45, 2.75) is 6.54 Å². The van der Waals surface area contributed by atoms with E-state index in [-0.39, 0.29) is 22.9 Å². The van der Waals surface area contributed by atoms with E-state index in [1.54, 1.807) is 0 Å². The van der Waals surface area contributed by atoms with Crippen LogP contribution in [0.15, 0.2) is 22.7 Å². The largest absolute Gasteiger partial charge is 0.507 e. The Hall–Kier alpha value is -2.08. The highest BCUT2D eigenvalue weighted by Gasteiger charge is 2.16. The number of nitrogens with two attached hydrogens (primary N) is 1. The maximum absolute atomic E-state index is 13.5. The Balaban J connectivity index is 2.51. The third-order valence-corrected chi connectivity index (χ3v) is 2.43. The van der Waals surface area contributed by atoms with Gasteiger partial charge in [-0.2, -0.15) is 0 Å². The molecule has 1 aromatic heterocycles. The van der Waals surface area contributed by atoms with Gasteiger partial charge in [0.05, 0.1) is 5.56 Å². The van der Waals surface area contributed by atoms with Crippen molar-refractivity contribution >= 4 is 5.82 Å². The van der Waals surface area contributed by atoms with Crippen LogP contribution in [-0.2, 0) is 6.54 Å². The maximum Gasteiger partial charge on any atom is 0.172 e. The number of phenolic OH excluding ortho intramolecular Hbond substituents is 1. The molecule has 18 heavy (non-hydrogen) atoms. The molecule has 96 valence electrons. The topological polar surface area (TPSA) is 75.5 Å². The molecule has 0 unspecified atom stereocenters. The molecule has 6 heteroatoms. The molecule has 5 nitrogen and oxygen atoms in total. The molecule has 1 heterocycles. The minimum Gasteiger partial charge on any atom is -0.507 e. The zero-order valence-electron chi connectivity index (χ0n) is 10.1. The number of nitrogen functional groups attached to an aromatic ring is 1. The van der Waals surface area contributed by atoms with Gasteiger partial charge >= 0.3 is 0 Å². The van der Waals surface area contributed by atoms with Crippen molar-refractivity contribution < 1.29 is 14.0 Å². The first-order chi connectivity index (χ1) is 8.47. The monoisotopic (exact) mass is 251 g/mol.